The summed E-state index contributed by atoms with van der Waals surface area (Å²) in [6.07, 6.45) is 6.70. The maximum atomic E-state index is 3.72. The van der Waals surface area contributed by atoms with Crippen molar-refractivity contribution in [3.63, 3.8) is 0 Å². The minimum atomic E-state index is 0.767. The highest BCUT2D eigenvalue weighted by Gasteiger charge is 2.21. The van der Waals surface area contributed by atoms with Crippen molar-refractivity contribution in [3.8, 4) is 0 Å². The Balaban J connectivity index is 1.71. The van der Waals surface area contributed by atoms with Crippen LogP contribution in [0.3, 0.4) is 0 Å². The van der Waals surface area contributed by atoms with E-state index in [9.17, 15) is 0 Å². The van der Waals surface area contributed by atoms with Gasteiger partial charge >= 0.3 is 0 Å². The van der Waals surface area contributed by atoms with Gasteiger partial charge in [0.25, 0.3) is 0 Å². The van der Waals surface area contributed by atoms with Gasteiger partial charge in [-0.1, -0.05) is 44.2 Å². The fraction of sp³-hybridized carbons (Fsp3) is 0.647. The van der Waals surface area contributed by atoms with Crippen LogP contribution in [0.2, 0.25) is 0 Å². The van der Waals surface area contributed by atoms with E-state index in [4.69, 9.17) is 0 Å². The number of hydrogen-bond donors (Lipinski definition) is 1. The molecule has 0 amide bonds. The Morgan fingerprint density at radius 1 is 1.06 bits per heavy atom. The summed E-state index contributed by atoms with van der Waals surface area (Å²) in [7, 11) is 0. The molecule has 0 aromatic heterocycles. The molecule has 1 aliphatic carbocycles. The third kappa shape index (κ3) is 4.13. The lowest BCUT2D eigenvalue weighted by Gasteiger charge is -2.29. The van der Waals surface area contributed by atoms with Gasteiger partial charge in [-0.05, 0) is 56.0 Å². The van der Waals surface area contributed by atoms with E-state index in [1.807, 2.05) is 0 Å². The van der Waals surface area contributed by atoms with Crippen LogP contribution in [0.4, 0.5) is 0 Å². The van der Waals surface area contributed by atoms with Gasteiger partial charge in [0.2, 0.25) is 0 Å². The molecule has 1 nitrogen and oxygen atoms in total. The molecule has 2 rings (SSSR count). The van der Waals surface area contributed by atoms with Crippen molar-refractivity contribution in [1.82, 2.24) is 5.32 Å². The lowest BCUT2D eigenvalue weighted by atomic mass is 9.82. The summed E-state index contributed by atoms with van der Waals surface area (Å²) in [5.41, 5.74) is 1.54. The molecule has 1 N–H and O–H groups in total. The van der Waals surface area contributed by atoms with Crippen molar-refractivity contribution in [1.29, 1.82) is 0 Å². The highest BCUT2D eigenvalue weighted by atomic mass is 14.9. The second-order valence-corrected chi connectivity index (χ2v) is 6.10. The van der Waals surface area contributed by atoms with Crippen LogP contribution < -0.4 is 5.32 Å². The summed E-state index contributed by atoms with van der Waals surface area (Å²) in [5.74, 6) is 1.62. The van der Waals surface area contributed by atoms with Gasteiger partial charge in [-0.2, -0.15) is 0 Å². The molecule has 0 aliphatic heterocycles. The summed E-state index contributed by atoms with van der Waals surface area (Å²) >= 11 is 0. The van der Waals surface area contributed by atoms with Gasteiger partial charge in [-0.25, -0.2) is 0 Å². The molecule has 1 aromatic rings. The maximum Gasteiger partial charge on any atom is 0.00674 e. The smallest absolute Gasteiger partial charge is 0.00674 e. The molecular formula is C17H27N. The second-order valence-electron chi connectivity index (χ2n) is 6.10. The number of benzene rings is 1. The van der Waals surface area contributed by atoms with Crippen LogP contribution in [0.1, 0.15) is 57.4 Å². The molecule has 1 fully saturated rings. The van der Waals surface area contributed by atoms with Crippen LogP contribution in [-0.4, -0.2) is 12.6 Å². The molecule has 0 spiro atoms. The van der Waals surface area contributed by atoms with Crippen LogP contribution in [0, 0.1) is 5.92 Å². The number of hydrogen-bond acceptors (Lipinski definition) is 1. The van der Waals surface area contributed by atoms with E-state index in [1.165, 1.54) is 44.2 Å². The van der Waals surface area contributed by atoms with Crippen LogP contribution in [0.25, 0.3) is 0 Å². The molecule has 0 unspecified atom stereocenters. The Bertz CT molecular complexity index is 323. The summed E-state index contributed by atoms with van der Waals surface area (Å²) in [6, 6.07) is 11.8. The fourth-order valence-electron chi connectivity index (χ4n) is 2.93. The minimum Gasteiger partial charge on any atom is -0.314 e. The van der Waals surface area contributed by atoms with E-state index < -0.39 is 0 Å². The zero-order valence-corrected chi connectivity index (χ0v) is 11.9. The van der Waals surface area contributed by atoms with E-state index >= 15 is 0 Å². The van der Waals surface area contributed by atoms with Crippen LogP contribution in [0.15, 0.2) is 30.3 Å². The second kappa shape index (κ2) is 6.94. The first-order chi connectivity index (χ1) is 8.75. The highest BCUT2D eigenvalue weighted by Crippen LogP contribution is 2.32. The zero-order chi connectivity index (χ0) is 12.8. The topological polar surface area (TPSA) is 12.0 Å². The zero-order valence-electron chi connectivity index (χ0n) is 11.9. The van der Waals surface area contributed by atoms with E-state index in [2.05, 4.69) is 49.5 Å². The Kier molecular flexibility index (Phi) is 5.25. The predicted octanol–water partition coefficient (Wildman–Crippen LogP) is 4.35. The Morgan fingerprint density at radius 2 is 1.72 bits per heavy atom. The minimum absolute atomic E-state index is 0.767. The molecule has 1 aliphatic rings. The molecule has 18 heavy (non-hydrogen) atoms. The molecule has 100 valence electrons. The Labute approximate surface area is 112 Å². The average molecular weight is 245 g/mol. The maximum absolute atomic E-state index is 3.72. The number of rotatable bonds is 5. The van der Waals surface area contributed by atoms with Crippen molar-refractivity contribution >= 4 is 0 Å². The quantitative estimate of drug-likeness (QED) is 0.813. The molecule has 1 saturated carbocycles. The van der Waals surface area contributed by atoms with Crippen molar-refractivity contribution in [2.75, 3.05) is 6.54 Å². The molecule has 0 bridgehead atoms. The van der Waals surface area contributed by atoms with E-state index in [1.54, 1.807) is 0 Å². The molecule has 1 aromatic carbocycles. The van der Waals surface area contributed by atoms with Gasteiger partial charge in [0.15, 0.2) is 0 Å². The first-order valence-electron chi connectivity index (χ1n) is 7.54. The SMILES string of the molecule is CC(C)CCNC1CCC(c2ccccc2)CC1. The first-order valence-corrected chi connectivity index (χ1v) is 7.54. The van der Waals surface area contributed by atoms with Gasteiger partial charge in [0.05, 0.1) is 0 Å². The molecule has 0 radical (unpaired) electrons. The first kappa shape index (κ1) is 13.6. The molecule has 0 saturated heterocycles. The van der Waals surface area contributed by atoms with Gasteiger partial charge in [0, 0.05) is 6.04 Å². The monoisotopic (exact) mass is 245 g/mol. The lowest BCUT2D eigenvalue weighted by molar-refractivity contribution is 0.336. The number of nitrogens with one attached hydrogen (secondary N) is 1. The Morgan fingerprint density at radius 3 is 2.33 bits per heavy atom. The van der Waals surface area contributed by atoms with Crippen molar-refractivity contribution < 1.29 is 0 Å². The molecule has 0 atom stereocenters. The van der Waals surface area contributed by atoms with Crippen LogP contribution in [0.5, 0.6) is 0 Å². The molecule has 1 heteroatoms. The standard InChI is InChI=1S/C17H27N/c1-14(2)12-13-18-17-10-8-16(9-11-17)15-6-4-3-5-7-15/h3-7,14,16-18H,8-13H2,1-2H3. The van der Waals surface area contributed by atoms with Gasteiger partial charge in [0.1, 0.15) is 0 Å². The van der Waals surface area contributed by atoms with Crippen LogP contribution >= 0.6 is 0 Å². The summed E-state index contributed by atoms with van der Waals surface area (Å²) in [6.45, 7) is 5.79. The van der Waals surface area contributed by atoms with E-state index in [-0.39, 0.29) is 0 Å². The van der Waals surface area contributed by atoms with Gasteiger partial charge in [-0.15, -0.1) is 0 Å². The average Bonchev–Trinajstić information content (AvgIpc) is 2.40. The third-order valence-corrected chi connectivity index (χ3v) is 4.15. The van der Waals surface area contributed by atoms with Crippen molar-refractivity contribution in [3.05, 3.63) is 35.9 Å². The lowest BCUT2D eigenvalue weighted by Crippen LogP contribution is -2.33. The van der Waals surface area contributed by atoms with Crippen LogP contribution in [-0.2, 0) is 0 Å². The fourth-order valence-corrected chi connectivity index (χ4v) is 2.93. The normalized spacial score (nSPS) is 24.4. The Hall–Kier alpha value is -0.820. The highest BCUT2D eigenvalue weighted by molar-refractivity contribution is 5.20. The summed E-state index contributed by atoms with van der Waals surface area (Å²) in [4.78, 5) is 0. The predicted molar refractivity (Wildman–Crippen MR) is 78.9 cm³/mol. The van der Waals surface area contributed by atoms with E-state index in [0.29, 0.717) is 0 Å². The van der Waals surface area contributed by atoms with E-state index in [0.717, 1.165) is 17.9 Å². The molecular weight excluding hydrogens is 218 g/mol. The van der Waals surface area contributed by atoms with Gasteiger partial charge < -0.3 is 5.32 Å². The van der Waals surface area contributed by atoms with Crippen molar-refractivity contribution in [2.24, 2.45) is 5.92 Å². The summed E-state index contributed by atoms with van der Waals surface area (Å²) in [5, 5.41) is 3.72. The molecule has 0 heterocycles. The third-order valence-electron chi connectivity index (χ3n) is 4.15. The summed E-state index contributed by atoms with van der Waals surface area (Å²) < 4.78 is 0. The van der Waals surface area contributed by atoms with Gasteiger partial charge in [-0.3, -0.25) is 0 Å². The van der Waals surface area contributed by atoms with Crippen molar-refractivity contribution in [2.45, 2.75) is 57.9 Å². The largest absolute Gasteiger partial charge is 0.314 e.